The van der Waals surface area contributed by atoms with Crippen LogP contribution in [0.1, 0.15) is 38.5 Å². The molecule has 1 aliphatic heterocycles. The number of ether oxygens (including phenoxy) is 1. The predicted molar refractivity (Wildman–Crippen MR) is 66.9 cm³/mol. The standard InChI is InChI=1S/C13H23F3N2O/c14-13(15,16)19-10-9-18-8-4-7-17-12(11-18)5-2-1-3-6-12/h17H,1-11H2. The van der Waals surface area contributed by atoms with Gasteiger partial charge in [-0.3, -0.25) is 9.64 Å². The van der Waals surface area contributed by atoms with Gasteiger partial charge in [0.2, 0.25) is 0 Å². The van der Waals surface area contributed by atoms with Crippen molar-refractivity contribution in [1.82, 2.24) is 10.2 Å². The van der Waals surface area contributed by atoms with E-state index in [0.717, 1.165) is 38.9 Å². The Hall–Kier alpha value is -0.330. The van der Waals surface area contributed by atoms with E-state index >= 15 is 0 Å². The molecule has 0 bridgehead atoms. The Bertz CT molecular complexity index is 278. The maximum absolute atomic E-state index is 12.0. The number of nitrogens with zero attached hydrogens (tertiary/aromatic N) is 1. The van der Waals surface area contributed by atoms with Gasteiger partial charge in [0.25, 0.3) is 0 Å². The topological polar surface area (TPSA) is 24.5 Å². The van der Waals surface area contributed by atoms with Crippen molar-refractivity contribution in [2.45, 2.75) is 50.4 Å². The molecule has 3 nitrogen and oxygen atoms in total. The summed E-state index contributed by atoms with van der Waals surface area (Å²) in [4.78, 5) is 2.12. The zero-order chi connectivity index (χ0) is 13.8. The summed E-state index contributed by atoms with van der Waals surface area (Å²) in [6, 6.07) is 0. The molecule has 0 amide bonds. The highest BCUT2D eigenvalue weighted by molar-refractivity contribution is 4.95. The van der Waals surface area contributed by atoms with Gasteiger partial charge in [0.1, 0.15) is 0 Å². The molecule has 19 heavy (non-hydrogen) atoms. The van der Waals surface area contributed by atoms with E-state index in [-0.39, 0.29) is 12.1 Å². The summed E-state index contributed by atoms with van der Waals surface area (Å²) >= 11 is 0. The first-order chi connectivity index (χ1) is 8.99. The van der Waals surface area contributed by atoms with Crippen molar-refractivity contribution in [3.8, 4) is 0 Å². The van der Waals surface area contributed by atoms with Gasteiger partial charge >= 0.3 is 6.36 Å². The Morgan fingerprint density at radius 2 is 1.84 bits per heavy atom. The lowest BCUT2D eigenvalue weighted by molar-refractivity contribution is -0.325. The van der Waals surface area contributed by atoms with E-state index in [1.165, 1.54) is 19.3 Å². The Labute approximate surface area is 112 Å². The van der Waals surface area contributed by atoms with Crippen molar-refractivity contribution in [2.24, 2.45) is 0 Å². The summed E-state index contributed by atoms with van der Waals surface area (Å²) in [5.41, 5.74) is 0.132. The molecule has 2 fully saturated rings. The predicted octanol–water partition coefficient (Wildman–Crippen LogP) is 2.52. The van der Waals surface area contributed by atoms with E-state index < -0.39 is 6.36 Å². The van der Waals surface area contributed by atoms with Crippen LogP contribution < -0.4 is 5.32 Å². The fourth-order valence-electron chi connectivity index (χ4n) is 3.26. The smallest absolute Gasteiger partial charge is 0.310 e. The molecule has 1 spiro atoms. The first kappa shape index (κ1) is 15.1. The molecule has 1 heterocycles. The van der Waals surface area contributed by atoms with Gasteiger partial charge in [0, 0.05) is 18.6 Å². The second-order valence-corrected chi connectivity index (χ2v) is 5.69. The molecule has 0 radical (unpaired) electrons. The summed E-state index contributed by atoms with van der Waals surface area (Å²) in [5.74, 6) is 0. The van der Waals surface area contributed by atoms with E-state index in [2.05, 4.69) is 15.0 Å². The highest BCUT2D eigenvalue weighted by atomic mass is 19.4. The number of hydrogen-bond acceptors (Lipinski definition) is 3. The molecular formula is C13H23F3N2O. The maximum atomic E-state index is 12.0. The van der Waals surface area contributed by atoms with Crippen LogP contribution in [-0.4, -0.2) is 49.6 Å². The zero-order valence-corrected chi connectivity index (χ0v) is 11.3. The van der Waals surface area contributed by atoms with Crippen LogP contribution in [0.25, 0.3) is 0 Å². The van der Waals surface area contributed by atoms with Gasteiger partial charge in [-0.1, -0.05) is 19.3 Å². The van der Waals surface area contributed by atoms with E-state index in [9.17, 15) is 13.2 Å². The fourth-order valence-corrected chi connectivity index (χ4v) is 3.26. The van der Waals surface area contributed by atoms with E-state index in [1.807, 2.05) is 0 Å². The number of nitrogens with one attached hydrogen (secondary N) is 1. The molecule has 0 atom stereocenters. The highest BCUT2D eigenvalue weighted by Crippen LogP contribution is 2.30. The molecule has 0 unspecified atom stereocenters. The number of halogens is 3. The molecule has 0 aromatic heterocycles. The Balaban J connectivity index is 1.82. The van der Waals surface area contributed by atoms with Crippen LogP contribution in [0.4, 0.5) is 13.2 Å². The molecule has 0 aromatic carbocycles. The minimum atomic E-state index is -4.51. The van der Waals surface area contributed by atoms with Crippen LogP contribution in [-0.2, 0) is 4.74 Å². The van der Waals surface area contributed by atoms with Crippen molar-refractivity contribution < 1.29 is 17.9 Å². The van der Waals surface area contributed by atoms with Crippen LogP contribution in [0.2, 0.25) is 0 Å². The maximum Gasteiger partial charge on any atom is 0.522 e. The van der Waals surface area contributed by atoms with E-state index in [4.69, 9.17) is 0 Å². The Morgan fingerprint density at radius 3 is 2.53 bits per heavy atom. The van der Waals surface area contributed by atoms with Crippen LogP contribution >= 0.6 is 0 Å². The summed E-state index contributed by atoms with van der Waals surface area (Å²) in [6.45, 7) is 2.78. The highest BCUT2D eigenvalue weighted by Gasteiger charge is 2.35. The van der Waals surface area contributed by atoms with Crippen molar-refractivity contribution in [3.63, 3.8) is 0 Å². The quantitative estimate of drug-likeness (QED) is 0.859. The Kier molecular flexibility index (Phi) is 5.09. The minimum absolute atomic E-state index is 0.132. The minimum Gasteiger partial charge on any atom is -0.310 e. The molecule has 1 saturated heterocycles. The molecular weight excluding hydrogens is 257 g/mol. The van der Waals surface area contributed by atoms with Crippen molar-refractivity contribution in [2.75, 3.05) is 32.8 Å². The third kappa shape index (κ3) is 4.93. The van der Waals surface area contributed by atoms with Crippen molar-refractivity contribution >= 4 is 0 Å². The summed E-state index contributed by atoms with van der Waals surface area (Å²) in [7, 11) is 0. The van der Waals surface area contributed by atoms with Gasteiger partial charge in [-0.25, -0.2) is 0 Å². The zero-order valence-electron chi connectivity index (χ0n) is 11.3. The van der Waals surface area contributed by atoms with Gasteiger partial charge in [0.15, 0.2) is 0 Å². The SMILES string of the molecule is FC(F)(F)OCCN1CCCNC2(CCCCC2)C1. The Morgan fingerprint density at radius 1 is 1.11 bits per heavy atom. The van der Waals surface area contributed by atoms with E-state index in [0.29, 0.717) is 6.54 Å². The lowest BCUT2D eigenvalue weighted by Gasteiger charge is -2.40. The normalized spacial score (nSPS) is 25.4. The van der Waals surface area contributed by atoms with Gasteiger partial charge in [-0.2, -0.15) is 0 Å². The number of alkyl halides is 3. The monoisotopic (exact) mass is 280 g/mol. The summed E-state index contributed by atoms with van der Waals surface area (Å²) < 4.78 is 39.8. The van der Waals surface area contributed by atoms with Gasteiger partial charge in [-0.05, 0) is 32.4 Å². The summed E-state index contributed by atoms with van der Waals surface area (Å²) in [6.07, 6.45) is 2.49. The molecule has 0 aromatic rings. The second-order valence-electron chi connectivity index (χ2n) is 5.69. The molecule has 1 aliphatic carbocycles. The fraction of sp³-hybridized carbons (Fsp3) is 1.00. The third-order valence-corrected chi connectivity index (χ3v) is 4.16. The molecule has 112 valence electrons. The van der Waals surface area contributed by atoms with Gasteiger partial charge < -0.3 is 5.32 Å². The average molecular weight is 280 g/mol. The van der Waals surface area contributed by atoms with Crippen LogP contribution in [0, 0.1) is 0 Å². The first-order valence-electron chi connectivity index (χ1n) is 7.17. The second kappa shape index (κ2) is 6.41. The van der Waals surface area contributed by atoms with Crippen molar-refractivity contribution in [3.05, 3.63) is 0 Å². The van der Waals surface area contributed by atoms with Crippen LogP contribution in [0.3, 0.4) is 0 Å². The van der Waals surface area contributed by atoms with Crippen LogP contribution in [0.5, 0.6) is 0 Å². The molecule has 6 heteroatoms. The number of rotatable bonds is 3. The molecule has 1 N–H and O–H groups in total. The first-order valence-corrected chi connectivity index (χ1v) is 7.17. The molecule has 2 aliphatic rings. The van der Waals surface area contributed by atoms with Gasteiger partial charge in [0.05, 0.1) is 6.61 Å². The average Bonchev–Trinajstić information content (AvgIpc) is 2.52. The van der Waals surface area contributed by atoms with Crippen LogP contribution in [0.15, 0.2) is 0 Å². The number of hydrogen-bond donors (Lipinski definition) is 1. The largest absolute Gasteiger partial charge is 0.522 e. The van der Waals surface area contributed by atoms with Crippen molar-refractivity contribution in [1.29, 1.82) is 0 Å². The lowest BCUT2D eigenvalue weighted by atomic mass is 9.81. The third-order valence-electron chi connectivity index (χ3n) is 4.16. The van der Waals surface area contributed by atoms with E-state index in [1.54, 1.807) is 0 Å². The molecule has 1 saturated carbocycles. The van der Waals surface area contributed by atoms with Gasteiger partial charge in [-0.15, -0.1) is 13.2 Å². The molecule has 2 rings (SSSR count). The lowest BCUT2D eigenvalue weighted by Crippen LogP contribution is -2.53. The summed E-state index contributed by atoms with van der Waals surface area (Å²) in [5, 5.41) is 3.63.